The van der Waals surface area contributed by atoms with Crippen LogP contribution >= 0.6 is 0 Å². The Hall–Kier alpha value is -2.10. The van der Waals surface area contributed by atoms with Gasteiger partial charge in [0.25, 0.3) is 0 Å². The molecular weight excluding hydrogens is 254 g/mol. The lowest BCUT2D eigenvalue weighted by atomic mass is 9.87. The van der Waals surface area contributed by atoms with Crippen molar-refractivity contribution >= 4 is 17.6 Å². The predicted octanol–water partition coefficient (Wildman–Crippen LogP) is 1.11. The van der Waals surface area contributed by atoms with E-state index >= 15 is 0 Å². The molecule has 2 heterocycles. The fourth-order valence-corrected chi connectivity index (χ4v) is 3.10. The van der Waals surface area contributed by atoms with E-state index in [-0.39, 0.29) is 12.3 Å². The standard InChI is InChI=1S/C16H17NO3/c18-14-7-5-12(6-8-15(19)20)16-13-4-2-1-3-11(13)9-10-17(14)16/h1-4H,5-10H2,(H,19,20)/p-1. The second kappa shape index (κ2) is 5.12. The van der Waals surface area contributed by atoms with Crippen molar-refractivity contribution in [3.63, 3.8) is 0 Å². The highest BCUT2D eigenvalue weighted by Gasteiger charge is 2.31. The summed E-state index contributed by atoms with van der Waals surface area (Å²) < 4.78 is 0. The molecule has 1 aromatic carbocycles. The number of carbonyl (C=O) groups is 2. The molecule has 0 unspecified atom stereocenters. The molecular formula is C16H16NO3-. The number of carboxylic acid groups (broad SMARTS) is 1. The number of amides is 1. The number of nitrogens with zero attached hydrogens (tertiary/aromatic N) is 1. The van der Waals surface area contributed by atoms with E-state index < -0.39 is 5.97 Å². The van der Waals surface area contributed by atoms with Crippen LogP contribution in [0.2, 0.25) is 0 Å². The number of allylic oxidation sites excluding steroid dienone is 1. The van der Waals surface area contributed by atoms with Gasteiger partial charge in [-0.1, -0.05) is 24.3 Å². The molecule has 2 aliphatic rings. The molecule has 0 aliphatic carbocycles. The van der Waals surface area contributed by atoms with Crippen LogP contribution in [0.1, 0.15) is 36.8 Å². The van der Waals surface area contributed by atoms with Crippen LogP contribution < -0.4 is 5.11 Å². The second-order valence-corrected chi connectivity index (χ2v) is 5.28. The maximum Gasteiger partial charge on any atom is 0.227 e. The molecule has 4 heteroatoms. The van der Waals surface area contributed by atoms with Crippen LogP contribution in [0.15, 0.2) is 29.8 Å². The molecule has 0 saturated carbocycles. The van der Waals surface area contributed by atoms with Gasteiger partial charge >= 0.3 is 0 Å². The van der Waals surface area contributed by atoms with Gasteiger partial charge in [-0.25, -0.2) is 0 Å². The van der Waals surface area contributed by atoms with Crippen LogP contribution in [0.25, 0.3) is 5.70 Å². The van der Waals surface area contributed by atoms with Crippen molar-refractivity contribution in [1.29, 1.82) is 0 Å². The van der Waals surface area contributed by atoms with E-state index in [9.17, 15) is 14.7 Å². The molecule has 104 valence electrons. The first-order chi connectivity index (χ1) is 9.66. The largest absolute Gasteiger partial charge is 0.550 e. The fourth-order valence-electron chi connectivity index (χ4n) is 3.10. The lowest BCUT2D eigenvalue weighted by Crippen LogP contribution is -2.38. The highest BCUT2D eigenvalue weighted by atomic mass is 16.4. The third-order valence-electron chi connectivity index (χ3n) is 4.05. The van der Waals surface area contributed by atoms with E-state index in [0.29, 0.717) is 25.8 Å². The van der Waals surface area contributed by atoms with Gasteiger partial charge in [0, 0.05) is 24.5 Å². The summed E-state index contributed by atoms with van der Waals surface area (Å²) in [6.07, 6.45) is 2.48. The number of carbonyl (C=O) groups excluding carboxylic acids is 2. The van der Waals surface area contributed by atoms with Crippen LogP contribution in [0.4, 0.5) is 0 Å². The maximum absolute atomic E-state index is 12.1. The van der Waals surface area contributed by atoms with Gasteiger partial charge in [-0.2, -0.15) is 0 Å². The van der Waals surface area contributed by atoms with Gasteiger partial charge in [0.05, 0.1) is 5.70 Å². The quantitative estimate of drug-likeness (QED) is 0.826. The van der Waals surface area contributed by atoms with E-state index in [2.05, 4.69) is 6.07 Å². The summed E-state index contributed by atoms with van der Waals surface area (Å²) in [6.45, 7) is 0.694. The third-order valence-corrected chi connectivity index (χ3v) is 4.05. The predicted molar refractivity (Wildman–Crippen MR) is 72.3 cm³/mol. The van der Waals surface area contributed by atoms with Crippen LogP contribution in [0, 0.1) is 0 Å². The van der Waals surface area contributed by atoms with Gasteiger partial charge in [0.15, 0.2) is 0 Å². The summed E-state index contributed by atoms with van der Waals surface area (Å²) in [4.78, 5) is 24.6. The number of benzene rings is 1. The second-order valence-electron chi connectivity index (χ2n) is 5.28. The van der Waals surface area contributed by atoms with Crippen LogP contribution in [0.5, 0.6) is 0 Å². The molecule has 0 bridgehead atoms. The molecule has 0 saturated heterocycles. The van der Waals surface area contributed by atoms with Crippen LogP contribution in [-0.4, -0.2) is 23.3 Å². The average molecular weight is 270 g/mol. The molecule has 1 amide bonds. The molecule has 4 nitrogen and oxygen atoms in total. The number of carboxylic acids is 1. The van der Waals surface area contributed by atoms with E-state index in [1.54, 1.807) is 0 Å². The summed E-state index contributed by atoms with van der Waals surface area (Å²) in [7, 11) is 0. The van der Waals surface area contributed by atoms with E-state index in [0.717, 1.165) is 23.3 Å². The van der Waals surface area contributed by atoms with Crippen molar-refractivity contribution in [2.75, 3.05) is 6.54 Å². The van der Waals surface area contributed by atoms with Crippen LogP contribution in [-0.2, 0) is 16.0 Å². The average Bonchev–Trinajstić information content (AvgIpc) is 2.46. The van der Waals surface area contributed by atoms with Crippen molar-refractivity contribution in [3.05, 3.63) is 41.0 Å². The Balaban J connectivity index is 2.05. The molecule has 0 spiro atoms. The van der Waals surface area contributed by atoms with Crippen molar-refractivity contribution in [3.8, 4) is 0 Å². The summed E-state index contributed by atoms with van der Waals surface area (Å²) in [5.41, 5.74) is 4.34. The first-order valence-electron chi connectivity index (χ1n) is 6.97. The minimum absolute atomic E-state index is 0.0169. The summed E-state index contributed by atoms with van der Waals surface area (Å²) >= 11 is 0. The van der Waals surface area contributed by atoms with Crippen molar-refractivity contribution < 1.29 is 14.7 Å². The Bertz CT molecular complexity index is 603. The summed E-state index contributed by atoms with van der Waals surface area (Å²) in [5, 5.41) is 10.7. The Kier molecular flexibility index (Phi) is 3.30. The monoisotopic (exact) mass is 270 g/mol. The molecule has 0 aromatic heterocycles. The topological polar surface area (TPSA) is 60.4 Å². The van der Waals surface area contributed by atoms with E-state index in [1.807, 2.05) is 23.1 Å². The lowest BCUT2D eigenvalue weighted by molar-refractivity contribution is -0.305. The Labute approximate surface area is 117 Å². The summed E-state index contributed by atoms with van der Waals surface area (Å²) in [5.74, 6) is -0.891. The van der Waals surface area contributed by atoms with E-state index in [4.69, 9.17) is 0 Å². The minimum atomic E-state index is -1.04. The molecule has 0 fully saturated rings. The number of fused-ring (bicyclic) bond motifs is 3. The Morgan fingerprint density at radius 2 is 2.00 bits per heavy atom. The van der Waals surface area contributed by atoms with E-state index in [1.165, 1.54) is 5.56 Å². The van der Waals surface area contributed by atoms with Gasteiger partial charge in [-0.15, -0.1) is 0 Å². The molecule has 20 heavy (non-hydrogen) atoms. The van der Waals surface area contributed by atoms with Gasteiger partial charge in [-0.3, -0.25) is 4.79 Å². The lowest BCUT2D eigenvalue weighted by Gasteiger charge is -2.37. The molecule has 0 atom stereocenters. The smallest absolute Gasteiger partial charge is 0.227 e. The molecule has 1 aromatic rings. The third kappa shape index (κ3) is 2.22. The zero-order valence-corrected chi connectivity index (χ0v) is 11.2. The fraction of sp³-hybridized carbons (Fsp3) is 0.375. The number of rotatable bonds is 3. The molecule has 0 radical (unpaired) electrons. The Morgan fingerprint density at radius 1 is 1.20 bits per heavy atom. The summed E-state index contributed by atoms with van der Waals surface area (Å²) in [6, 6.07) is 8.06. The minimum Gasteiger partial charge on any atom is -0.550 e. The van der Waals surface area contributed by atoms with Crippen molar-refractivity contribution in [2.45, 2.75) is 32.1 Å². The number of hydrogen-bond acceptors (Lipinski definition) is 3. The van der Waals surface area contributed by atoms with Crippen LogP contribution in [0.3, 0.4) is 0 Å². The van der Waals surface area contributed by atoms with Gasteiger partial charge < -0.3 is 14.8 Å². The van der Waals surface area contributed by atoms with Gasteiger partial charge in [-0.05, 0) is 36.8 Å². The highest BCUT2D eigenvalue weighted by molar-refractivity contribution is 5.92. The number of aliphatic carboxylic acids is 1. The highest BCUT2D eigenvalue weighted by Crippen LogP contribution is 2.37. The number of hydrogen-bond donors (Lipinski definition) is 0. The molecule has 2 aliphatic heterocycles. The zero-order valence-electron chi connectivity index (χ0n) is 11.2. The van der Waals surface area contributed by atoms with Crippen molar-refractivity contribution in [1.82, 2.24) is 4.90 Å². The first kappa shape index (κ1) is 12.9. The first-order valence-corrected chi connectivity index (χ1v) is 6.97. The SMILES string of the molecule is O=C([O-])CCC1=C2c3ccccc3CCN2C(=O)CC1. The van der Waals surface area contributed by atoms with Crippen molar-refractivity contribution in [2.24, 2.45) is 0 Å². The molecule has 0 N–H and O–H groups in total. The zero-order chi connectivity index (χ0) is 14.1. The normalized spacial score (nSPS) is 17.8. The van der Waals surface area contributed by atoms with Gasteiger partial charge in [0.2, 0.25) is 5.91 Å². The maximum atomic E-state index is 12.1. The molecule has 3 rings (SSSR count). The van der Waals surface area contributed by atoms with Gasteiger partial charge in [0.1, 0.15) is 0 Å². The Morgan fingerprint density at radius 3 is 2.80 bits per heavy atom.